The number of ether oxygens (including phenoxy) is 2. The predicted octanol–water partition coefficient (Wildman–Crippen LogP) is 5.34. The summed E-state index contributed by atoms with van der Waals surface area (Å²) in [6, 6.07) is 14.3. The Bertz CT molecular complexity index is 863. The van der Waals surface area contributed by atoms with Crippen molar-refractivity contribution in [3.8, 4) is 11.5 Å². The second-order valence-corrected chi connectivity index (χ2v) is 9.54. The lowest BCUT2D eigenvalue weighted by atomic mass is 9.86. The molecule has 1 atom stereocenters. The number of methoxy groups -OCH3 is 1. The number of hydrogen-bond acceptors (Lipinski definition) is 3. The smallest absolute Gasteiger partial charge is 0.220 e. The quantitative estimate of drug-likeness (QED) is 0.743. The standard InChI is InChI=1S/C25H33NO3/c1-24(2,3)18-10-7-17(8-11-18)9-14-23(27)26-21-16-25(4,5)29-22-13-12-19(28-6)15-20(21)22/h7-8,10-13,15,21H,9,14,16H2,1-6H3,(H,26,27)/t21-/m0/s1. The topological polar surface area (TPSA) is 47.6 Å². The van der Waals surface area contributed by atoms with Crippen LogP contribution in [0.25, 0.3) is 0 Å². The van der Waals surface area contributed by atoms with Crippen molar-refractivity contribution >= 4 is 5.91 Å². The van der Waals surface area contributed by atoms with E-state index in [4.69, 9.17) is 9.47 Å². The molecule has 3 rings (SSSR count). The van der Waals surface area contributed by atoms with Gasteiger partial charge in [0.1, 0.15) is 17.1 Å². The third kappa shape index (κ3) is 5.31. The second-order valence-electron chi connectivity index (χ2n) is 9.54. The zero-order chi connectivity index (χ0) is 21.2. The summed E-state index contributed by atoms with van der Waals surface area (Å²) in [5.41, 5.74) is 3.28. The highest BCUT2D eigenvalue weighted by Crippen LogP contribution is 2.41. The molecule has 1 N–H and O–H groups in total. The summed E-state index contributed by atoms with van der Waals surface area (Å²) < 4.78 is 11.4. The van der Waals surface area contributed by atoms with E-state index in [0.29, 0.717) is 6.42 Å². The lowest BCUT2D eigenvalue weighted by molar-refractivity contribution is -0.122. The summed E-state index contributed by atoms with van der Waals surface area (Å²) in [6.07, 6.45) is 1.92. The highest BCUT2D eigenvalue weighted by Gasteiger charge is 2.34. The van der Waals surface area contributed by atoms with Gasteiger partial charge in [-0.1, -0.05) is 45.0 Å². The second kappa shape index (κ2) is 8.10. The van der Waals surface area contributed by atoms with Gasteiger partial charge in [-0.2, -0.15) is 0 Å². The van der Waals surface area contributed by atoms with Crippen LogP contribution < -0.4 is 14.8 Å². The lowest BCUT2D eigenvalue weighted by Gasteiger charge is -2.38. The third-order valence-corrected chi connectivity index (χ3v) is 5.47. The zero-order valence-electron chi connectivity index (χ0n) is 18.5. The molecule has 0 saturated carbocycles. The average Bonchev–Trinajstić information content (AvgIpc) is 2.65. The van der Waals surface area contributed by atoms with Gasteiger partial charge in [0.25, 0.3) is 0 Å². The lowest BCUT2D eigenvalue weighted by Crippen LogP contribution is -2.41. The fraction of sp³-hybridized carbons (Fsp3) is 0.480. The van der Waals surface area contributed by atoms with Gasteiger partial charge in [0, 0.05) is 18.4 Å². The number of hydrogen-bond donors (Lipinski definition) is 1. The molecule has 0 aromatic heterocycles. The van der Waals surface area contributed by atoms with Gasteiger partial charge in [0.15, 0.2) is 0 Å². The molecule has 2 aromatic rings. The van der Waals surface area contributed by atoms with E-state index in [-0.39, 0.29) is 23.0 Å². The van der Waals surface area contributed by atoms with Crippen molar-refractivity contribution < 1.29 is 14.3 Å². The largest absolute Gasteiger partial charge is 0.497 e. The van der Waals surface area contributed by atoms with Crippen molar-refractivity contribution in [2.75, 3.05) is 7.11 Å². The maximum Gasteiger partial charge on any atom is 0.220 e. The van der Waals surface area contributed by atoms with E-state index in [1.807, 2.05) is 18.2 Å². The predicted molar refractivity (Wildman–Crippen MR) is 117 cm³/mol. The molecule has 0 spiro atoms. The summed E-state index contributed by atoms with van der Waals surface area (Å²) in [5, 5.41) is 3.21. The first kappa shape index (κ1) is 21.2. The summed E-state index contributed by atoms with van der Waals surface area (Å²) in [7, 11) is 1.65. The van der Waals surface area contributed by atoms with Gasteiger partial charge in [0.05, 0.1) is 13.2 Å². The first-order valence-corrected chi connectivity index (χ1v) is 10.3. The van der Waals surface area contributed by atoms with Gasteiger partial charge in [-0.25, -0.2) is 0 Å². The molecule has 0 aliphatic carbocycles. The molecule has 0 saturated heterocycles. The minimum Gasteiger partial charge on any atom is -0.497 e. The van der Waals surface area contributed by atoms with Crippen molar-refractivity contribution in [2.45, 2.75) is 70.9 Å². The van der Waals surface area contributed by atoms with Crippen LogP contribution in [0.2, 0.25) is 0 Å². The number of aryl methyl sites for hydroxylation is 1. The summed E-state index contributed by atoms with van der Waals surface area (Å²) in [6.45, 7) is 10.7. The van der Waals surface area contributed by atoms with Gasteiger partial charge >= 0.3 is 0 Å². The molecule has 0 unspecified atom stereocenters. The highest BCUT2D eigenvalue weighted by atomic mass is 16.5. The normalized spacial score (nSPS) is 17.8. The number of carbonyl (C=O) groups excluding carboxylic acids is 1. The monoisotopic (exact) mass is 395 g/mol. The molecule has 2 aromatic carbocycles. The Balaban J connectivity index is 1.66. The first-order chi connectivity index (χ1) is 13.6. The van der Waals surface area contributed by atoms with Crippen LogP contribution in [0, 0.1) is 0 Å². The maximum absolute atomic E-state index is 12.7. The molecule has 0 radical (unpaired) electrons. The van der Waals surface area contributed by atoms with Crippen molar-refractivity contribution in [3.05, 3.63) is 59.2 Å². The Morgan fingerprint density at radius 2 is 1.86 bits per heavy atom. The number of benzene rings is 2. The fourth-order valence-electron chi connectivity index (χ4n) is 3.78. The van der Waals surface area contributed by atoms with E-state index in [0.717, 1.165) is 29.9 Å². The van der Waals surface area contributed by atoms with E-state index in [2.05, 4.69) is 64.2 Å². The SMILES string of the molecule is COc1ccc2c(c1)[C@@H](NC(=O)CCc1ccc(C(C)(C)C)cc1)CC(C)(C)O2. The Kier molecular flexibility index (Phi) is 5.92. The van der Waals surface area contributed by atoms with E-state index < -0.39 is 0 Å². The molecule has 1 heterocycles. The number of amides is 1. The Morgan fingerprint density at radius 1 is 1.17 bits per heavy atom. The third-order valence-electron chi connectivity index (χ3n) is 5.47. The Morgan fingerprint density at radius 3 is 2.48 bits per heavy atom. The molecule has 4 nitrogen and oxygen atoms in total. The van der Waals surface area contributed by atoms with E-state index in [1.165, 1.54) is 11.1 Å². The minimum atomic E-state index is -0.331. The van der Waals surface area contributed by atoms with E-state index in [9.17, 15) is 4.79 Å². The van der Waals surface area contributed by atoms with Crippen molar-refractivity contribution in [1.82, 2.24) is 5.32 Å². The number of rotatable bonds is 5. The molecular formula is C25H33NO3. The van der Waals surface area contributed by atoms with Crippen LogP contribution in [0.5, 0.6) is 11.5 Å². The van der Waals surface area contributed by atoms with Gasteiger partial charge in [-0.3, -0.25) is 4.79 Å². The molecule has 29 heavy (non-hydrogen) atoms. The van der Waals surface area contributed by atoms with Gasteiger partial charge in [-0.05, 0) is 55.0 Å². The molecule has 156 valence electrons. The van der Waals surface area contributed by atoms with Crippen LogP contribution in [-0.2, 0) is 16.6 Å². The fourth-order valence-corrected chi connectivity index (χ4v) is 3.78. The summed E-state index contributed by atoms with van der Waals surface area (Å²) in [5.74, 6) is 1.64. The number of nitrogens with one attached hydrogen (secondary N) is 1. The molecule has 4 heteroatoms. The molecule has 1 aliphatic heterocycles. The van der Waals surface area contributed by atoms with Crippen molar-refractivity contribution in [3.63, 3.8) is 0 Å². The molecular weight excluding hydrogens is 362 g/mol. The number of fused-ring (bicyclic) bond motifs is 1. The van der Waals surface area contributed by atoms with Gasteiger partial charge in [0.2, 0.25) is 5.91 Å². The van der Waals surface area contributed by atoms with Crippen LogP contribution in [0.1, 0.15) is 70.2 Å². The number of carbonyl (C=O) groups is 1. The first-order valence-electron chi connectivity index (χ1n) is 10.3. The average molecular weight is 396 g/mol. The van der Waals surface area contributed by atoms with Crippen LogP contribution >= 0.6 is 0 Å². The zero-order valence-corrected chi connectivity index (χ0v) is 18.5. The minimum absolute atomic E-state index is 0.0568. The molecule has 1 amide bonds. The highest BCUT2D eigenvalue weighted by molar-refractivity contribution is 5.77. The Labute approximate surface area is 174 Å². The molecule has 0 fully saturated rings. The van der Waals surface area contributed by atoms with Crippen LogP contribution in [-0.4, -0.2) is 18.6 Å². The molecule has 0 bridgehead atoms. The van der Waals surface area contributed by atoms with Gasteiger partial charge in [-0.15, -0.1) is 0 Å². The van der Waals surface area contributed by atoms with E-state index >= 15 is 0 Å². The maximum atomic E-state index is 12.7. The van der Waals surface area contributed by atoms with Crippen molar-refractivity contribution in [1.29, 1.82) is 0 Å². The molecule has 1 aliphatic rings. The van der Waals surface area contributed by atoms with Crippen LogP contribution in [0.4, 0.5) is 0 Å². The summed E-state index contributed by atoms with van der Waals surface area (Å²) >= 11 is 0. The summed E-state index contributed by atoms with van der Waals surface area (Å²) in [4.78, 5) is 12.7. The van der Waals surface area contributed by atoms with Gasteiger partial charge < -0.3 is 14.8 Å². The van der Waals surface area contributed by atoms with Crippen LogP contribution in [0.3, 0.4) is 0 Å². The Hall–Kier alpha value is -2.49. The van der Waals surface area contributed by atoms with Crippen molar-refractivity contribution in [2.24, 2.45) is 0 Å². The van der Waals surface area contributed by atoms with E-state index in [1.54, 1.807) is 7.11 Å². The van der Waals surface area contributed by atoms with Crippen LogP contribution in [0.15, 0.2) is 42.5 Å².